The van der Waals surface area contributed by atoms with Crippen LogP contribution < -0.4 is 10.2 Å². The van der Waals surface area contributed by atoms with E-state index < -0.39 is 0 Å². The van der Waals surface area contributed by atoms with Crippen LogP contribution in [0.2, 0.25) is 0 Å². The molecule has 1 aromatic carbocycles. The van der Waals surface area contributed by atoms with Gasteiger partial charge in [-0.3, -0.25) is 9.59 Å². The number of benzene rings is 1. The minimum absolute atomic E-state index is 0.0502. The summed E-state index contributed by atoms with van der Waals surface area (Å²) in [6, 6.07) is 5.64. The molecule has 0 unspecified atom stereocenters. The van der Waals surface area contributed by atoms with Crippen LogP contribution in [0.4, 0.5) is 5.69 Å². The van der Waals surface area contributed by atoms with Gasteiger partial charge in [0.05, 0.1) is 6.10 Å². The van der Waals surface area contributed by atoms with E-state index in [4.69, 9.17) is 4.74 Å². The summed E-state index contributed by atoms with van der Waals surface area (Å²) in [4.78, 5) is 26.1. The second-order valence-electron chi connectivity index (χ2n) is 7.23. The summed E-state index contributed by atoms with van der Waals surface area (Å²) in [6.07, 6.45) is 8.83. The molecule has 0 bridgehead atoms. The van der Waals surface area contributed by atoms with Crippen LogP contribution in [0.1, 0.15) is 67.8 Å². The highest BCUT2D eigenvalue weighted by atomic mass is 16.5. The topological polar surface area (TPSA) is 58.6 Å². The van der Waals surface area contributed by atoms with Crippen molar-refractivity contribution in [2.24, 2.45) is 0 Å². The van der Waals surface area contributed by atoms with Gasteiger partial charge in [-0.05, 0) is 49.4 Å². The first-order chi connectivity index (χ1) is 12.7. The molecule has 5 nitrogen and oxygen atoms in total. The summed E-state index contributed by atoms with van der Waals surface area (Å²) in [5, 5.41) is 2.97. The van der Waals surface area contributed by atoms with Crippen LogP contribution in [-0.4, -0.2) is 37.6 Å². The maximum Gasteiger partial charge on any atom is 0.251 e. The zero-order valence-electron chi connectivity index (χ0n) is 15.8. The lowest BCUT2D eigenvalue weighted by atomic mass is 9.98. The number of anilines is 1. The van der Waals surface area contributed by atoms with E-state index in [-0.39, 0.29) is 11.8 Å². The Balaban J connectivity index is 1.43. The van der Waals surface area contributed by atoms with Gasteiger partial charge in [-0.15, -0.1) is 0 Å². The lowest BCUT2D eigenvalue weighted by Crippen LogP contribution is -2.28. The van der Waals surface area contributed by atoms with E-state index in [2.05, 4.69) is 5.32 Å². The van der Waals surface area contributed by atoms with Crippen molar-refractivity contribution in [3.63, 3.8) is 0 Å². The monoisotopic (exact) mass is 358 g/mol. The Morgan fingerprint density at radius 3 is 2.81 bits per heavy atom. The lowest BCUT2D eigenvalue weighted by Gasteiger charge is -2.21. The first-order valence-electron chi connectivity index (χ1n) is 10.0. The molecule has 0 saturated heterocycles. The van der Waals surface area contributed by atoms with Crippen molar-refractivity contribution in [2.75, 3.05) is 24.6 Å². The predicted octanol–water partition coefficient (Wildman–Crippen LogP) is 3.45. The predicted molar refractivity (Wildman–Crippen MR) is 103 cm³/mol. The first kappa shape index (κ1) is 18.9. The van der Waals surface area contributed by atoms with Crippen molar-refractivity contribution >= 4 is 17.5 Å². The van der Waals surface area contributed by atoms with Gasteiger partial charge in [0.25, 0.3) is 5.91 Å². The van der Waals surface area contributed by atoms with Gasteiger partial charge in [0.1, 0.15) is 0 Å². The fourth-order valence-electron chi connectivity index (χ4n) is 3.85. The fourth-order valence-corrected chi connectivity index (χ4v) is 3.85. The maximum atomic E-state index is 12.3. The molecule has 142 valence electrons. The van der Waals surface area contributed by atoms with Crippen molar-refractivity contribution in [3.05, 3.63) is 29.3 Å². The largest absolute Gasteiger partial charge is 0.378 e. The summed E-state index contributed by atoms with van der Waals surface area (Å²) in [7, 11) is 0. The molecule has 0 spiro atoms. The first-order valence-corrected chi connectivity index (χ1v) is 10.0. The van der Waals surface area contributed by atoms with Crippen LogP contribution in [0.25, 0.3) is 0 Å². The van der Waals surface area contributed by atoms with Crippen LogP contribution in [0.15, 0.2) is 18.2 Å². The number of fused-ring (bicyclic) bond motifs is 1. The highest BCUT2D eigenvalue weighted by Gasteiger charge is 2.24. The van der Waals surface area contributed by atoms with E-state index >= 15 is 0 Å². The van der Waals surface area contributed by atoms with Gasteiger partial charge in [-0.25, -0.2) is 0 Å². The van der Waals surface area contributed by atoms with Crippen LogP contribution in [0, 0.1) is 0 Å². The molecule has 0 radical (unpaired) electrons. The molecule has 1 saturated carbocycles. The number of hydrogen-bond donors (Lipinski definition) is 1. The standard InChI is InChI=1S/C21H30N2O3/c1-2-20(24)23-13-11-16-15-17(9-10-19(16)23)21(25)22-12-6-14-26-18-7-4-3-5-8-18/h9-10,15,18H,2-8,11-14H2,1H3,(H,22,25). The Hall–Kier alpha value is -1.88. The Kier molecular flexibility index (Phi) is 6.67. The number of nitrogens with one attached hydrogen (secondary N) is 1. The summed E-state index contributed by atoms with van der Waals surface area (Å²) in [5.74, 6) is 0.0876. The van der Waals surface area contributed by atoms with Crippen LogP contribution >= 0.6 is 0 Å². The van der Waals surface area contributed by atoms with Crippen LogP contribution in [-0.2, 0) is 16.0 Å². The minimum atomic E-state index is -0.0502. The molecular weight excluding hydrogens is 328 g/mol. The van der Waals surface area contributed by atoms with Crippen molar-refractivity contribution in [1.29, 1.82) is 0 Å². The quantitative estimate of drug-likeness (QED) is 0.760. The van der Waals surface area contributed by atoms with E-state index in [0.717, 1.165) is 24.1 Å². The second-order valence-corrected chi connectivity index (χ2v) is 7.23. The minimum Gasteiger partial charge on any atom is -0.378 e. The highest BCUT2D eigenvalue weighted by molar-refractivity contribution is 5.98. The highest BCUT2D eigenvalue weighted by Crippen LogP contribution is 2.29. The molecule has 3 rings (SSSR count). The van der Waals surface area contributed by atoms with Gasteiger partial charge < -0.3 is 15.0 Å². The number of carbonyl (C=O) groups excluding carboxylic acids is 2. The van der Waals surface area contributed by atoms with Crippen molar-refractivity contribution in [1.82, 2.24) is 5.32 Å². The normalized spacial score (nSPS) is 17.2. The van der Waals surface area contributed by atoms with Crippen molar-refractivity contribution in [3.8, 4) is 0 Å². The molecule has 1 aromatic rings. The average Bonchev–Trinajstić information content (AvgIpc) is 3.11. The van der Waals surface area contributed by atoms with Gasteiger partial charge in [0.15, 0.2) is 0 Å². The molecule has 0 atom stereocenters. The maximum absolute atomic E-state index is 12.3. The van der Waals surface area contributed by atoms with Gasteiger partial charge in [-0.2, -0.15) is 0 Å². The SMILES string of the molecule is CCC(=O)N1CCc2cc(C(=O)NCCCOC3CCCCC3)ccc21. The van der Waals surface area contributed by atoms with E-state index in [1.807, 2.05) is 30.0 Å². The zero-order valence-corrected chi connectivity index (χ0v) is 15.8. The van der Waals surface area contributed by atoms with Gasteiger partial charge in [-0.1, -0.05) is 26.2 Å². The number of ether oxygens (including phenoxy) is 1. The van der Waals surface area contributed by atoms with E-state index in [0.29, 0.717) is 37.8 Å². The molecule has 5 heteroatoms. The fraction of sp³-hybridized carbons (Fsp3) is 0.619. The van der Waals surface area contributed by atoms with Crippen LogP contribution in [0.5, 0.6) is 0 Å². The third-order valence-corrected chi connectivity index (χ3v) is 5.35. The van der Waals surface area contributed by atoms with Crippen LogP contribution in [0.3, 0.4) is 0 Å². The van der Waals surface area contributed by atoms with E-state index in [1.54, 1.807) is 0 Å². The average molecular weight is 358 g/mol. The molecule has 1 heterocycles. The smallest absolute Gasteiger partial charge is 0.251 e. The van der Waals surface area contributed by atoms with Crippen molar-refractivity contribution < 1.29 is 14.3 Å². The summed E-state index contributed by atoms with van der Waals surface area (Å²) in [6.45, 7) is 3.93. The molecule has 2 aliphatic rings. The number of amides is 2. The lowest BCUT2D eigenvalue weighted by molar-refractivity contribution is -0.118. The number of rotatable bonds is 7. The third-order valence-electron chi connectivity index (χ3n) is 5.35. The molecule has 1 aliphatic carbocycles. The summed E-state index contributed by atoms with van der Waals surface area (Å²) < 4.78 is 5.89. The van der Waals surface area contributed by atoms with Crippen molar-refractivity contribution in [2.45, 2.75) is 64.4 Å². The number of hydrogen-bond acceptors (Lipinski definition) is 3. The number of carbonyl (C=O) groups is 2. The number of nitrogens with zero attached hydrogens (tertiary/aromatic N) is 1. The molecule has 2 amide bonds. The molecule has 1 aliphatic heterocycles. The molecule has 26 heavy (non-hydrogen) atoms. The molecule has 0 aromatic heterocycles. The third kappa shape index (κ3) is 4.64. The Morgan fingerprint density at radius 1 is 1.23 bits per heavy atom. The van der Waals surface area contributed by atoms with Gasteiger partial charge >= 0.3 is 0 Å². The zero-order chi connectivity index (χ0) is 18.4. The Morgan fingerprint density at radius 2 is 2.04 bits per heavy atom. The van der Waals surface area contributed by atoms with Gasteiger partial charge in [0.2, 0.25) is 5.91 Å². The van der Waals surface area contributed by atoms with E-state index in [1.165, 1.54) is 32.1 Å². The summed E-state index contributed by atoms with van der Waals surface area (Å²) in [5.41, 5.74) is 2.71. The summed E-state index contributed by atoms with van der Waals surface area (Å²) >= 11 is 0. The Bertz CT molecular complexity index is 638. The second kappa shape index (κ2) is 9.17. The van der Waals surface area contributed by atoms with E-state index in [9.17, 15) is 9.59 Å². The molecule has 1 fully saturated rings. The Labute approximate surface area is 156 Å². The molecule has 1 N–H and O–H groups in total. The molecular formula is C21H30N2O3. The van der Waals surface area contributed by atoms with Gasteiger partial charge in [0, 0.05) is 37.4 Å².